The average Bonchev–Trinajstić information content (AvgIpc) is 2.41. The summed E-state index contributed by atoms with van der Waals surface area (Å²) in [7, 11) is 0. The van der Waals surface area contributed by atoms with Gasteiger partial charge in [0, 0.05) is 6.04 Å². The Hall–Kier alpha value is -0.780. The minimum Gasteiger partial charge on any atom is -0.352 e. The quantitative estimate of drug-likeness (QED) is 0.806. The van der Waals surface area contributed by atoms with Crippen LogP contribution in [-0.4, -0.2) is 30.7 Å². The number of rotatable bonds is 3. The molecule has 1 aliphatic rings. The lowest BCUT2D eigenvalue weighted by atomic mass is 10.1. The van der Waals surface area contributed by atoms with Gasteiger partial charge in [0.05, 0.1) is 12.5 Å². The number of hydrogen-bond donors (Lipinski definition) is 2. The van der Waals surface area contributed by atoms with E-state index in [1.54, 1.807) is 0 Å². The third-order valence-corrected chi connectivity index (χ3v) is 2.80. The topological polar surface area (TPSA) is 41.1 Å². The molecule has 0 spiro atoms. The minimum absolute atomic E-state index is 0.316. The van der Waals surface area contributed by atoms with E-state index in [4.69, 9.17) is 0 Å². The van der Waals surface area contributed by atoms with Crippen LogP contribution in [0.4, 0.5) is 13.2 Å². The summed E-state index contributed by atoms with van der Waals surface area (Å²) in [5.41, 5.74) is 0. The Labute approximate surface area is 99.1 Å². The second-order valence-corrected chi connectivity index (χ2v) is 4.58. The summed E-state index contributed by atoms with van der Waals surface area (Å²) < 4.78 is 36.3. The lowest BCUT2D eigenvalue weighted by Gasteiger charge is -2.20. The smallest absolute Gasteiger partial charge is 0.352 e. The van der Waals surface area contributed by atoms with Crippen LogP contribution >= 0.6 is 0 Å². The predicted octanol–water partition coefficient (Wildman–Crippen LogP) is 1.98. The molecule has 0 aromatic heterocycles. The zero-order chi connectivity index (χ0) is 12.9. The van der Waals surface area contributed by atoms with Crippen LogP contribution in [0.1, 0.15) is 39.0 Å². The Morgan fingerprint density at radius 3 is 2.76 bits per heavy atom. The second kappa shape index (κ2) is 6.23. The molecule has 0 bridgehead atoms. The van der Waals surface area contributed by atoms with Crippen molar-refractivity contribution in [1.29, 1.82) is 0 Å². The van der Waals surface area contributed by atoms with Gasteiger partial charge in [0.25, 0.3) is 0 Å². The summed E-state index contributed by atoms with van der Waals surface area (Å²) in [5, 5.41) is 5.47. The average molecular weight is 252 g/mol. The molecule has 0 saturated carbocycles. The van der Waals surface area contributed by atoms with Crippen molar-refractivity contribution < 1.29 is 18.0 Å². The third kappa shape index (κ3) is 5.91. The molecule has 1 amide bonds. The highest BCUT2D eigenvalue weighted by Gasteiger charge is 2.31. The Kier molecular flexibility index (Phi) is 5.24. The van der Waals surface area contributed by atoms with Crippen LogP contribution in [0, 0.1) is 0 Å². The molecule has 1 fully saturated rings. The van der Waals surface area contributed by atoms with E-state index in [1.807, 2.05) is 0 Å². The van der Waals surface area contributed by atoms with Crippen LogP contribution in [-0.2, 0) is 4.79 Å². The van der Waals surface area contributed by atoms with Crippen LogP contribution in [0.15, 0.2) is 0 Å². The molecule has 2 N–H and O–H groups in total. The molecule has 0 aromatic rings. The van der Waals surface area contributed by atoms with Gasteiger partial charge in [0.15, 0.2) is 0 Å². The number of hydrogen-bond acceptors (Lipinski definition) is 2. The van der Waals surface area contributed by atoms with Crippen molar-refractivity contribution in [3.05, 3.63) is 0 Å². The largest absolute Gasteiger partial charge is 0.391 e. The Morgan fingerprint density at radius 1 is 1.41 bits per heavy atom. The number of nitrogens with one attached hydrogen (secondary N) is 2. The van der Waals surface area contributed by atoms with Gasteiger partial charge in [-0.05, 0) is 26.3 Å². The van der Waals surface area contributed by atoms with Crippen molar-refractivity contribution in [1.82, 2.24) is 10.6 Å². The van der Waals surface area contributed by atoms with Crippen molar-refractivity contribution >= 4 is 5.91 Å². The zero-order valence-electron chi connectivity index (χ0n) is 9.94. The fourth-order valence-electron chi connectivity index (χ4n) is 1.99. The molecule has 1 rings (SSSR count). The number of alkyl halides is 3. The summed E-state index contributed by atoms with van der Waals surface area (Å²) in [6, 6.07) is -1.21. The monoisotopic (exact) mass is 252 g/mol. The van der Waals surface area contributed by atoms with Crippen molar-refractivity contribution in [2.45, 2.75) is 57.3 Å². The number of carbonyl (C=O) groups excluding carboxylic acids is 1. The van der Waals surface area contributed by atoms with Crippen LogP contribution < -0.4 is 10.6 Å². The molecule has 17 heavy (non-hydrogen) atoms. The summed E-state index contributed by atoms with van der Waals surface area (Å²) in [6.07, 6.45) is -1.49. The highest BCUT2D eigenvalue weighted by atomic mass is 19.4. The molecule has 0 aliphatic carbocycles. The maximum atomic E-state index is 12.1. The molecule has 1 aliphatic heterocycles. The van der Waals surface area contributed by atoms with Gasteiger partial charge < -0.3 is 10.6 Å². The van der Waals surface area contributed by atoms with E-state index in [2.05, 4.69) is 10.6 Å². The first kappa shape index (κ1) is 14.3. The van der Waals surface area contributed by atoms with E-state index >= 15 is 0 Å². The number of amides is 1. The highest BCUT2D eigenvalue weighted by molar-refractivity contribution is 5.82. The van der Waals surface area contributed by atoms with Gasteiger partial charge in [-0.25, -0.2) is 0 Å². The van der Waals surface area contributed by atoms with E-state index in [9.17, 15) is 18.0 Å². The van der Waals surface area contributed by atoms with Crippen LogP contribution in [0.25, 0.3) is 0 Å². The summed E-state index contributed by atoms with van der Waals surface area (Å²) in [5.74, 6) is -0.316. The molecule has 1 heterocycles. The summed E-state index contributed by atoms with van der Waals surface area (Å²) in [4.78, 5) is 11.7. The van der Waals surface area contributed by atoms with Crippen molar-refractivity contribution in [3.63, 3.8) is 0 Å². The standard InChI is InChI=1S/C11H19F3N2O/c1-8(7-11(12,13)14)16-10(17)9-5-3-2-4-6-15-9/h8-9,15H,2-7H2,1H3,(H,16,17). The molecular weight excluding hydrogens is 233 g/mol. The minimum atomic E-state index is -4.23. The van der Waals surface area contributed by atoms with Gasteiger partial charge in [-0.2, -0.15) is 13.2 Å². The van der Waals surface area contributed by atoms with Gasteiger partial charge in [-0.1, -0.05) is 12.8 Å². The first-order chi connectivity index (χ1) is 7.88. The fourth-order valence-corrected chi connectivity index (χ4v) is 1.99. The molecule has 0 aromatic carbocycles. The van der Waals surface area contributed by atoms with Gasteiger partial charge in [0.1, 0.15) is 0 Å². The van der Waals surface area contributed by atoms with Gasteiger partial charge in [-0.3, -0.25) is 4.79 Å². The second-order valence-electron chi connectivity index (χ2n) is 4.58. The maximum Gasteiger partial charge on any atom is 0.391 e. The molecule has 2 atom stereocenters. The molecule has 1 saturated heterocycles. The van der Waals surface area contributed by atoms with E-state index in [0.717, 1.165) is 25.8 Å². The first-order valence-electron chi connectivity index (χ1n) is 5.99. The molecular formula is C11H19F3N2O. The summed E-state index contributed by atoms with van der Waals surface area (Å²) >= 11 is 0. The first-order valence-corrected chi connectivity index (χ1v) is 5.99. The molecule has 0 radical (unpaired) electrons. The van der Waals surface area contributed by atoms with Gasteiger partial charge in [-0.15, -0.1) is 0 Å². The van der Waals surface area contributed by atoms with Crippen LogP contribution in [0.5, 0.6) is 0 Å². The van der Waals surface area contributed by atoms with E-state index in [1.165, 1.54) is 6.92 Å². The van der Waals surface area contributed by atoms with E-state index < -0.39 is 18.6 Å². The Morgan fingerprint density at radius 2 is 2.12 bits per heavy atom. The predicted molar refractivity (Wildman–Crippen MR) is 58.5 cm³/mol. The van der Waals surface area contributed by atoms with Crippen molar-refractivity contribution in [2.75, 3.05) is 6.54 Å². The van der Waals surface area contributed by atoms with E-state index in [0.29, 0.717) is 6.42 Å². The van der Waals surface area contributed by atoms with E-state index in [-0.39, 0.29) is 11.9 Å². The lowest BCUT2D eigenvalue weighted by molar-refractivity contribution is -0.141. The summed E-state index contributed by atoms with van der Waals surface area (Å²) in [6.45, 7) is 2.13. The van der Waals surface area contributed by atoms with Crippen molar-refractivity contribution in [2.24, 2.45) is 0 Å². The SMILES string of the molecule is CC(CC(F)(F)F)NC(=O)C1CCCCCN1. The maximum absolute atomic E-state index is 12.1. The zero-order valence-corrected chi connectivity index (χ0v) is 9.94. The van der Waals surface area contributed by atoms with Gasteiger partial charge in [0.2, 0.25) is 5.91 Å². The molecule has 100 valence electrons. The fraction of sp³-hybridized carbons (Fsp3) is 0.909. The van der Waals surface area contributed by atoms with Crippen molar-refractivity contribution in [3.8, 4) is 0 Å². The normalized spacial score (nSPS) is 23.9. The lowest BCUT2D eigenvalue weighted by Crippen LogP contribution is -2.47. The number of carbonyl (C=O) groups is 1. The number of halogens is 3. The third-order valence-electron chi connectivity index (χ3n) is 2.80. The van der Waals surface area contributed by atoms with Crippen LogP contribution in [0.3, 0.4) is 0 Å². The Bertz CT molecular complexity index is 248. The van der Waals surface area contributed by atoms with Gasteiger partial charge >= 0.3 is 6.18 Å². The highest BCUT2D eigenvalue weighted by Crippen LogP contribution is 2.21. The molecule has 3 nitrogen and oxygen atoms in total. The molecule has 6 heteroatoms. The Balaban J connectivity index is 2.36. The van der Waals surface area contributed by atoms with Crippen LogP contribution in [0.2, 0.25) is 0 Å². The molecule has 2 unspecified atom stereocenters.